The molecule has 2 rings (SSSR count). The first-order chi connectivity index (χ1) is 14.1. The van der Waals surface area contributed by atoms with Gasteiger partial charge in [0.1, 0.15) is 11.6 Å². The van der Waals surface area contributed by atoms with Gasteiger partial charge in [-0.05, 0) is 38.5 Å². The van der Waals surface area contributed by atoms with E-state index < -0.39 is 17.6 Å². The molecule has 0 radical (unpaired) electrons. The summed E-state index contributed by atoms with van der Waals surface area (Å²) in [4.78, 5) is 25.8. The summed E-state index contributed by atoms with van der Waals surface area (Å²) in [5.41, 5.74) is 2.91. The topological polar surface area (TPSA) is 110 Å². The third-order valence-corrected chi connectivity index (χ3v) is 4.51. The molecule has 10 heteroatoms. The predicted molar refractivity (Wildman–Crippen MR) is 109 cm³/mol. The molecular weight excluding hydrogens is 394 g/mol. The molecule has 2 N–H and O–H groups in total. The van der Waals surface area contributed by atoms with E-state index in [-0.39, 0.29) is 6.09 Å². The van der Waals surface area contributed by atoms with Crippen molar-refractivity contribution in [1.82, 2.24) is 15.3 Å². The second kappa shape index (κ2) is 9.86. The third-order valence-electron chi connectivity index (χ3n) is 4.51. The fraction of sp³-hybridized carbons (Fsp3) is 0.600. The fourth-order valence-electron chi connectivity index (χ4n) is 3.07. The van der Waals surface area contributed by atoms with Gasteiger partial charge in [0.25, 0.3) is 0 Å². The van der Waals surface area contributed by atoms with Crippen LogP contribution < -0.4 is 19.6 Å². The molecule has 0 saturated carbocycles. The lowest BCUT2D eigenvalue weighted by molar-refractivity contribution is -0.141. The van der Waals surface area contributed by atoms with Crippen LogP contribution in [-0.4, -0.2) is 80.2 Å². The molecule has 1 aromatic rings. The van der Waals surface area contributed by atoms with E-state index in [1.54, 1.807) is 22.0 Å². The highest BCUT2D eigenvalue weighted by atomic mass is 16.6. The number of hydrazine groups is 1. The highest BCUT2D eigenvalue weighted by Crippen LogP contribution is 2.39. The highest BCUT2D eigenvalue weighted by Gasteiger charge is 2.30. The van der Waals surface area contributed by atoms with Crippen LogP contribution >= 0.6 is 0 Å². The Bertz CT molecular complexity index is 730. The Morgan fingerprint density at radius 3 is 1.93 bits per heavy atom. The maximum Gasteiger partial charge on any atom is 0.410 e. The van der Waals surface area contributed by atoms with Crippen molar-refractivity contribution in [3.63, 3.8) is 0 Å². The number of nitrogens with zero attached hydrogens (tertiary/aromatic N) is 2. The average Bonchev–Trinajstić information content (AvgIpc) is 2.69. The number of methoxy groups -OCH3 is 3. The monoisotopic (exact) mass is 425 g/mol. The number of hydrogen-bond donors (Lipinski definition) is 2. The van der Waals surface area contributed by atoms with Crippen LogP contribution in [0, 0.1) is 0 Å². The van der Waals surface area contributed by atoms with Gasteiger partial charge in [0.05, 0.1) is 21.3 Å². The van der Waals surface area contributed by atoms with Crippen molar-refractivity contribution in [3.05, 3.63) is 17.7 Å². The smallest absolute Gasteiger partial charge is 0.410 e. The van der Waals surface area contributed by atoms with Crippen LogP contribution in [0.2, 0.25) is 0 Å². The van der Waals surface area contributed by atoms with Crippen molar-refractivity contribution < 1.29 is 33.6 Å². The number of carboxylic acid groups (broad SMARTS) is 1. The van der Waals surface area contributed by atoms with Crippen LogP contribution in [0.1, 0.15) is 32.4 Å². The summed E-state index contributed by atoms with van der Waals surface area (Å²) in [6.45, 7) is 7.20. The minimum Gasteiger partial charge on any atom is -0.493 e. The normalized spacial score (nSPS) is 16.0. The van der Waals surface area contributed by atoms with Gasteiger partial charge >= 0.3 is 12.1 Å². The molecule has 168 valence electrons. The molecule has 0 spiro atoms. The molecule has 0 aromatic heterocycles. The molecule has 1 atom stereocenters. The number of ether oxygens (including phenoxy) is 4. The Labute approximate surface area is 176 Å². The number of carboxylic acids is 1. The number of piperazine rings is 1. The fourth-order valence-corrected chi connectivity index (χ4v) is 3.07. The van der Waals surface area contributed by atoms with E-state index in [9.17, 15) is 14.7 Å². The highest BCUT2D eigenvalue weighted by molar-refractivity contribution is 5.76. The van der Waals surface area contributed by atoms with Gasteiger partial charge in [0.15, 0.2) is 11.5 Å². The van der Waals surface area contributed by atoms with E-state index in [0.717, 1.165) is 0 Å². The number of carbonyl (C=O) groups is 2. The Morgan fingerprint density at radius 1 is 1.00 bits per heavy atom. The SMILES string of the molecule is COc1cc(C(NN2CCN(C(=O)OC(C)(C)C)CC2)C(=O)O)cc(OC)c1OC. The summed E-state index contributed by atoms with van der Waals surface area (Å²) in [6, 6.07) is 2.17. The molecule has 1 fully saturated rings. The molecule has 1 aliphatic rings. The van der Waals surface area contributed by atoms with Crippen molar-refractivity contribution in [2.75, 3.05) is 47.5 Å². The van der Waals surface area contributed by atoms with E-state index in [1.165, 1.54) is 21.3 Å². The summed E-state index contributed by atoms with van der Waals surface area (Å²) in [6.07, 6.45) is -0.374. The third kappa shape index (κ3) is 5.90. The molecule has 1 aliphatic heterocycles. The van der Waals surface area contributed by atoms with Gasteiger partial charge in [0, 0.05) is 26.2 Å². The minimum atomic E-state index is -1.06. The number of amides is 1. The molecule has 30 heavy (non-hydrogen) atoms. The molecule has 1 amide bonds. The molecule has 1 unspecified atom stereocenters. The van der Waals surface area contributed by atoms with E-state index in [1.807, 2.05) is 20.8 Å². The van der Waals surface area contributed by atoms with Gasteiger partial charge in [-0.3, -0.25) is 4.79 Å². The zero-order valence-corrected chi connectivity index (χ0v) is 18.4. The first kappa shape index (κ1) is 23.6. The first-order valence-corrected chi connectivity index (χ1v) is 9.61. The van der Waals surface area contributed by atoms with Crippen LogP contribution in [0.15, 0.2) is 12.1 Å². The van der Waals surface area contributed by atoms with Crippen molar-refractivity contribution in [1.29, 1.82) is 0 Å². The zero-order chi connectivity index (χ0) is 22.5. The number of benzene rings is 1. The summed E-state index contributed by atoms with van der Waals surface area (Å²) in [5.74, 6) is 0.0713. The van der Waals surface area contributed by atoms with Crippen molar-refractivity contribution >= 4 is 12.1 Å². The lowest BCUT2D eigenvalue weighted by Crippen LogP contribution is -2.55. The van der Waals surface area contributed by atoms with E-state index in [0.29, 0.717) is 49.0 Å². The van der Waals surface area contributed by atoms with Crippen LogP contribution in [0.3, 0.4) is 0 Å². The lowest BCUT2D eigenvalue weighted by Gasteiger charge is -2.37. The number of rotatable bonds is 7. The van der Waals surface area contributed by atoms with Crippen LogP contribution in [-0.2, 0) is 9.53 Å². The second-order valence-electron chi connectivity index (χ2n) is 7.81. The number of carbonyl (C=O) groups excluding carboxylic acids is 1. The lowest BCUT2D eigenvalue weighted by atomic mass is 10.1. The standard InChI is InChI=1S/C20H31N3O7/c1-20(2,3)30-19(26)22-7-9-23(10-8-22)21-16(18(24)25)13-11-14(27-4)17(29-6)15(12-13)28-5/h11-12,16,21H,7-10H2,1-6H3,(H,24,25). The number of hydrogen-bond acceptors (Lipinski definition) is 8. The Kier molecular flexibility index (Phi) is 7.74. The molecule has 1 saturated heterocycles. The maximum atomic E-state index is 12.2. The van der Waals surface area contributed by atoms with Gasteiger partial charge in [-0.15, -0.1) is 0 Å². The van der Waals surface area contributed by atoms with Gasteiger partial charge in [-0.2, -0.15) is 0 Å². The van der Waals surface area contributed by atoms with Crippen LogP contribution in [0.25, 0.3) is 0 Å². The van der Waals surface area contributed by atoms with E-state index >= 15 is 0 Å². The average molecular weight is 425 g/mol. The molecular formula is C20H31N3O7. The Hall–Kier alpha value is -2.72. The summed E-state index contributed by atoms with van der Waals surface area (Å²) < 4.78 is 21.3. The minimum absolute atomic E-state index is 0.370. The quantitative estimate of drug-likeness (QED) is 0.677. The zero-order valence-electron chi connectivity index (χ0n) is 18.4. The summed E-state index contributed by atoms with van der Waals surface area (Å²) in [7, 11) is 4.43. The van der Waals surface area contributed by atoms with Gasteiger partial charge in [-0.25, -0.2) is 15.2 Å². The summed E-state index contributed by atoms with van der Waals surface area (Å²) >= 11 is 0. The molecule has 1 aromatic carbocycles. The van der Waals surface area contributed by atoms with Gasteiger partial charge in [0.2, 0.25) is 5.75 Å². The molecule has 1 heterocycles. The predicted octanol–water partition coefficient (Wildman–Crippen LogP) is 1.90. The molecule has 0 aliphatic carbocycles. The van der Waals surface area contributed by atoms with E-state index in [4.69, 9.17) is 18.9 Å². The van der Waals surface area contributed by atoms with E-state index in [2.05, 4.69) is 5.43 Å². The molecule has 10 nitrogen and oxygen atoms in total. The van der Waals surface area contributed by atoms with Gasteiger partial charge < -0.3 is 29.0 Å². The second-order valence-corrected chi connectivity index (χ2v) is 7.81. The molecule has 0 bridgehead atoms. The van der Waals surface area contributed by atoms with Crippen molar-refractivity contribution in [2.45, 2.75) is 32.4 Å². The van der Waals surface area contributed by atoms with Crippen LogP contribution in [0.5, 0.6) is 17.2 Å². The number of aliphatic carboxylic acids is 1. The van der Waals surface area contributed by atoms with Crippen molar-refractivity contribution in [3.8, 4) is 17.2 Å². The first-order valence-electron chi connectivity index (χ1n) is 9.61. The Morgan fingerprint density at radius 2 is 1.53 bits per heavy atom. The number of nitrogens with one attached hydrogen (secondary N) is 1. The van der Waals surface area contributed by atoms with Gasteiger partial charge in [-0.1, -0.05) is 0 Å². The van der Waals surface area contributed by atoms with Crippen molar-refractivity contribution in [2.24, 2.45) is 0 Å². The maximum absolute atomic E-state index is 12.2. The Balaban J connectivity index is 2.11. The van der Waals surface area contributed by atoms with Crippen LogP contribution in [0.4, 0.5) is 4.79 Å². The summed E-state index contributed by atoms with van der Waals surface area (Å²) in [5, 5.41) is 11.6. The largest absolute Gasteiger partial charge is 0.493 e.